The van der Waals surface area contributed by atoms with E-state index in [4.69, 9.17) is 5.73 Å². The van der Waals surface area contributed by atoms with E-state index in [9.17, 15) is 9.18 Å². The number of nitrogens with zero attached hydrogens (tertiary/aromatic N) is 1. The zero-order valence-electron chi connectivity index (χ0n) is 15.2. The molecule has 5 heteroatoms. The zero-order valence-corrected chi connectivity index (χ0v) is 15.2. The molecule has 1 atom stereocenters. The molecule has 3 saturated carbocycles. The van der Waals surface area contributed by atoms with Crippen LogP contribution in [0.2, 0.25) is 0 Å². The summed E-state index contributed by atoms with van der Waals surface area (Å²) in [6.45, 7) is 0.648. The maximum absolute atomic E-state index is 13.5. The molecule has 2 aromatic carbocycles. The number of benzene rings is 2. The predicted octanol–water partition coefficient (Wildman–Crippen LogP) is 3.51. The van der Waals surface area contributed by atoms with Crippen molar-refractivity contribution in [2.45, 2.75) is 49.2 Å². The second-order valence-electron chi connectivity index (χ2n) is 8.52. The summed E-state index contributed by atoms with van der Waals surface area (Å²) in [7, 11) is 0. The van der Waals surface area contributed by atoms with Gasteiger partial charge in [0.1, 0.15) is 5.82 Å². The van der Waals surface area contributed by atoms with E-state index in [1.54, 1.807) is 12.1 Å². The molecule has 27 heavy (non-hydrogen) atoms. The largest absolute Gasteiger partial charge is 0.332 e. The number of carbonyl (C=O) groups excluding carboxylic acids is 1. The van der Waals surface area contributed by atoms with Crippen molar-refractivity contribution in [1.82, 2.24) is 10.2 Å². The van der Waals surface area contributed by atoms with E-state index in [0.29, 0.717) is 6.54 Å². The quantitative estimate of drug-likeness (QED) is 0.856. The van der Waals surface area contributed by atoms with Gasteiger partial charge in [0, 0.05) is 17.6 Å². The predicted molar refractivity (Wildman–Crippen MR) is 102 cm³/mol. The molecule has 0 aromatic heterocycles. The van der Waals surface area contributed by atoms with Crippen molar-refractivity contribution in [3.05, 3.63) is 71.0 Å². The number of nitrogens with one attached hydrogen (secondary N) is 1. The van der Waals surface area contributed by atoms with E-state index >= 15 is 0 Å². The second-order valence-corrected chi connectivity index (χ2v) is 8.52. The maximum atomic E-state index is 13.5. The molecule has 0 unspecified atom stereocenters. The van der Waals surface area contributed by atoms with Crippen LogP contribution in [0, 0.1) is 5.82 Å². The third kappa shape index (κ3) is 2.72. The van der Waals surface area contributed by atoms with Gasteiger partial charge in [-0.1, -0.05) is 36.4 Å². The minimum absolute atomic E-state index is 0.0391. The van der Waals surface area contributed by atoms with E-state index in [-0.39, 0.29) is 29.0 Å². The van der Waals surface area contributed by atoms with Crippen LogP contribution >= 0.6 is 0 Å². The zero-order chi connectivity index (χ0) is 18.6. The van der Waals surface area contributed by atoms with E-state index in [0.717, 1.165) is 43.2 Å². The maximum Gasteiger partial charge on any atom is 0.318 e. The molecule has 0 saturated heterocycles. The molecule has 0 spiro atoms. The fraction of sp³-hybridized carbons (Fsp3) is 0.409. The first-order valence-corrected chi connectivity index (χ1v) is 9.68. The van der Waals surface area contributed by atoms with Crippen molar-refractivity contribution < 1.29 is 9.18 Å². The Bertz CT molecular complexity index is 889. The van der Waals surface area contributed by atoms with Crippen molar-refractivity contribution in [2.24, 2.45) is 5.73 Å². The Morgan fingerprint density at radius 3 is 2.56 bits per heavy atom. The smallest absolute Gasteiger partial charge is 0.318 e. The Balaban J connectivity index is 1.47. The number of halogens is 1. The Kier molecular flexibility index (Phi) is 3.60. The summed E-state index contributed by atoms with van der Waals surface area (Å²) in [5.41, 5.74) is 9.38. The lowest BCUT2D eigenvalue weighted by molar-refractivity contribution is 0.130. The number of hydrogen-bond acceptors (Lipinski definition) is 2. The van der Waals surface area contributed by atoms with Crippen molar-refractivity contribution >= 4 is 6.03 Å². The van der Waals surface area contributed by atoms with Crippen molar-refractivity contribution in [2.75, 3.05) is 6.54 Å². The fourth-order valence-electron chi connectivity index (χ4n) is 5.38. The van der Waals surface area contributed by atoms with Crippen LogP contribution in [-0.2, 0) is 6.42 Å². The third-order valence-electron chi connectivity index (χ3n) is 6.58. The summed E-state index contributed by atoms with van der Waals surface area (Å²) in [5.74, 6) is -0.266. The van der Waals surface area contributed by atoms with Crippen LogP contribution in [0.4, 0.5) is 9.18 Å². The molecule has 1 heterocycles. The molecule has 6 rings (SSSR count). The molecule has 4 aliphatic rings. The summed E-state index contributed by atoms with van der Waals surface area (Å²) in [4.78, 5) is 15.2. The molecule has 2 bridgehead atoms. The van der Waals surface area contributed by atoms with Gasteiger partial charge < -0.3 is 16.0 Å². The lowest BCUT2D eigenvalue weighted by atomic mass is 9.72. The molecular formula is C22H24FN3O. The normalized spacial score (nSPS) is 31.2. The number of hydrogen-bond donors (Lipinski definition) is 2. The van der Waals surface area contributed by atoms with E-state index < -0.39 is 0 Å². The van der Waals surface area contributed by atoms with Crippen LogP contribution in [0.3, 0.4) is 0 Å². The summed E-state index contributed by atoms with van der Waals surface area (Å²) in [6.07, 6.45) is 4.52. The molecule has 3 N–H and O–H groups in total. The number of fused-ring (bicyclic) bond motifs is 2. The Labute approximate surface area is 158 Å². The van der Waals surface area contributed by atoms with Crippen LogP contribution in [-0.4, -0.2) is 28.6 Å². The highest BCUT2D eigenvalue weighted by Crippen LogP contribution is 2.53. The first-order valence-electron chi connectivity index (χ1n) is 9.68. The van der Waals surface area contributed by atoms with Gasteiger partial charge in [-0.3, -0.25) is 0 Å². The summed E-state index contributed by atoms with van der Waals surface area (Å²) in [5, 5.41) is 3.29. The van der Waals surface area contributed by atoms with E-state index in [2.05, 4.69) is 17.4 Å². The first-order chi connectivity index (χ1) is 13.0. The van der Waals surface area contributed by atoms with Gasteiger partial charge >= 0.3 is 6.03 Å². The monoisotopic (exact) mass is 365 g/mol. The minimum atomic E-state index is -0.266. The van der Waals surface area contributed by atoms with Crippen LogP contribution < -0.4 is 11.1 Å². The van der Waals surface area contributed by atoms with Gasteiger partial charge in [-0.05, 0) is 60.9 Å². The molecule has 3 fully saturated rings. The summed E-state index contributed by atoms with van der Waals surface area (Å²) in [6, 6.07) is 14.5. The Hall–Kier alpha value is -2.40. The number of amides is 2. The summed E-state index contributed by atoms with van der Waals surface area (Å²) < 4.78 is 13.5. The van der Waals surface area contributed by atoms with Gasteiger partial charge in [-0.15, -0.1) is 0 Å². The van der Waals surface area contributed by atoms with Crippen LogP contribution in [0.1, 0.15) is 48.4 Å². The molecule has 2 aromatic rings. The molecule has 1 aliphatic heterocycles. The number of rotatable bonds is 2. The van der Waals surface area contributed by atoms with Gasteiger partial charge in [0.15, 0.2) is 0 Å². The van der Waals surface area contributed by atoms with Crippen molar-refractivity contribution in [1.29, 1.82) is 0 Å². The SMILES string of the molecule is NC12CCC(NC(=O)N3CCc4ccccc4[C@@H]3c3ccc(F)cc3)(C1)C2. The Morgan fingerprint density at radius 1 is 1.11 bits per heavy atom. The number of nitrogens with two attached hydrogens (primary N) is 1. The van der Waals surface area contributed by atoms with Gasteiger partial charge in [0.25, 0.3) is 0 Å². The highest BCUT2D eigenvalue weighted by Gasteiger charge is 2.59. The minimum Gasteiger partial charge on any atom is -0.332 e. The molecule has 2 amide bonds. The lowest BCUT2D eigenvalue weighted by Gasteiger charge is -2.47. The lowest BCUT2D eigenvalue weighted by Crippen LogP contribution is -2.64. The average molecular weight is 365 g/mol. The van der Waals surface area contributed by atoms with Gasteiger partial charge in [0.05, 0.1) is 6.04 Å². The molecule has 3 aliphatic carbocycles. The van der Waals surface area contributed by atoms with E-state index in [1.165, 1.54) is 17.7 Å². The highest BCUT2D eigenvalue weighted by atomic mass is 19.1. The topological polar surface area (TPSA) is 58.4 Å². The van der Waals surface area contributed by atoms with Crippen molar-refractivity contribution in [3.63, 3.8) is 0 Å². The second kappa shape index (κ2) is 5.80. The van der Waals surface area contributed by atoms with Crippen LogP contribution in [0.5, 0.6) is 0 Å². The number of urea groups is 1. The van der Waals surface area contributed by atoms with Gasteiger partial charge in [-0.25, -0.2) is 9.18 Å². The standard InChI is InChI=1S/C22H24FN3O/c23-17-7-5-16(6-8-17)19-18-4-2-1-3-15(18)9-12-26(19)20(27)25-22-11-10-21(24,13-22)14-22/h1-8,19H,9-14,24H2,(H,25,27)/t19-,21?,22?/m0/s1. The van der Waals surface area contributed by atoms with Gasteiger partial charge in [0.2, 0.25) is 0 Å². The molecule has 4 nitrogen and oxygen atoms in total. The number of carbonyl (C=O) groups is 1. The highest BCUT2D eigenvalue weighted by molar-refractivity contribution is 5.77. The van der Waals surface area contributed by atoms with E-state index in [1.807, 2.05) is 17.0 Å². The summed E-state index contributed by atoms with van der Waals surface area (Å²) >= 11 is 0. The Morgan fingerprint density at radius 2 is 1.85 bits per heavy atom. The molecular weight excluding hydrogens is 341 g/mol. The third-order valence-corrected chi connectivity index (χ3v) is 6.58. The van der Waals surface area contributed by atoms with Gasteiger partial charge in [-0.2, -0.15) is 0 Å². The average Bonchev–Trinajstić information content (AvgIpc) is 3.14. The van der Waals surface area contributed by atoms with Crippen LogP contribution in [0.15, 0.2) is 48.5 Å². The first kappa shape index (κ1) is 16.8. The van der Waals surface area contributed by atoms with Crippen LogP contribution in [0.25, 0.3) is 0 Å². The molecule has 140 valence electrons. The molecule has 0 radical (unpaired) electrons. The van der Waals surface area contributed by atoms with Crippen molar-refractivity contribution in [3.8, 4) is 0 Å². The fourth-order valence-corrected chi connectivity index (χ4v) is 5.38.